The molecule has 0 N–H and O–H groups in total. The van der Waals surface area contributed by atoms with E-state index < -0.39 is 0 Å². The molecule has 0 spiro atoms. The Bertz CT molecular complexity index is 844. The average molecular weight is 353 g/mol. The first-order chi connectivity index (χ1) is 12.8. The van der Waals surface area contributed by atoms with Crippen LogP contribution in [0.4, 0.5) is 0 Å². The maximum atomic E-state index is 12.4. The van der Waals surface area contributed by atoms with Gasteiger partial charge in [-0.15, -0.1) is 0 Å². The van der Waals surface area contributed by atoms with Gasteiger partial charge in [0, 0.05) is 37.8 Å². The second-order valence-corrected chi connectivity index (χ2v) is 8.06. The van der Waals surface area contributed by atoms with Crippen molar-refractivity contribution in [3.8, 4) is 0 Å². The third kappa shape index (κ3) is 3.00. The van der Waals surface area contributed by atoms with Gasteiger partial charge in [-0.3, -0.25) is 9.69 Å². The number of aromatic nitrogens is 4. The molecule has 2 aliphatic heterocycles. The minimum absolute atomic E-state index is 0.0648. The largest absolute Gasteiger partial charge is 0.335 e. The molecule has 4 heterocycles. The predicted octanol–water partition coefficient (Wildman–Crippen LogP) is 1.93. The SMILES string of the molecule is O=c1cc2c(nn1CC1CCCN1Cc1cn3c(n1)CCCC3)CCC2. The van der Waals surface area contributed by atoms with Gasteiger partial charge in [0.25, 0.3) is 5.56 Å². The molecule has 138 valence electrons. The van der Waals surface area contributed by atoms with Gasteiger partial charge < -0.3 is 4.57 Å². The molecule has 6 heteroatoms. The second-order valence-electron chi connectivity index (χ2n) is 8.06. The van der Waals surface area contributed by atoms with Gasteiger partial charge in [0.2, 0.25) is 0 Å². The van der Waals surface area contributed by atoms with E-state index in [9.17, 15) is 4.79 Å². The molecule has 0 aromatic carbocycles. The zero-order valence-electron chi connectivity index (χ0n) is 15.4. The first-order valence-corrected chi connectivity index (χ1v) is 10.2. The van der Waals surface area contributed by atoms with E-state index in [0.717, 1.165) is 63.0 Å². The van der Waals surface area contributed by atoms with E-state index >= 15 is 0 Å². The molecule has 26 heavy (non-hydrogen) atoms. The van der Waals surface area contributed by atoms with E-state index in [2.05, 4.69) is 20.8 Å². The quantitative estimate of drug-likeness (QED) is 0.843. The Balaban J connectivity index is 1.32. The lowest BCUT2D eigenvalue weighted by Gasteiger charge is -2.24. The number of rotatable bonds is 4. The summed E-state index contributed by atoms with van der Waals surface area (Å²) in [7, 11) is 0. The summed E-state index contributed by atoms with van der Waals surface area (Å²) in [5, 5.41) is 4.67. The van der Waals surface area contributed by atoms with Crippen LogP contribution in [-0.2, 0) is 38.9 Å². The lowest BCUT2D eigenvalue weighted by atomic mass is 10.2. The summed E-state index contributed by atoms with van der Waals surface area (Å²) in [5.41, 5.74) is 3.55. The zero-order valence-corrected chi connectivity index (χ0v) is 15.4. The van der Waals surface area contributed by atoms with Crippen LogP contribution in [0.15, 0.2) is 17.1 Å². The minimum Gasteiger partial charge on any atom is -0.335 e. The van der Waals surface area contributed by atoms with Gasteiger partial charge in [-0.2, -0.15) is 5.10 Å². The highest BCUT2D eigenvalue weighted by Gasteiger charge is 2.27. The smallest absolute Gasteiger partial charge is 0.267 e. The Morgan fingerprint density at radius 3 is 2.96 bits per heavy atom. The van der Waals surface area contributed by atoms with Gasteiger partial charge in [-0.25, -0.2) is 9.67 Å². The molecular weight excluding hydrogens is 326 g/mol. The van der Waals surface area contributed by atoms with Crippen LogP contribution in [0.3, 0.4) is 0 Å². The third-order valence-electron chi connectivity index (χ3n) is 6.23. The second kappa shape index (κ2) is 6.65. The Morgan fingerprint density at radius 2 is 2.04 bits per heavy atom. The normalized spacial score (nSPS) is 22.5. The number of imidazole rings is 1. The Morgan fingerprint density at radius 1 is 1.08 bits per heavy atom. The van der Waals surface area contributed by atoms with Gasteiger partial charge >= 0.3 is 0 Å². The van der Waals surface area contributed by atoms with Crippen molar-refractivity contribution in [1.82, 2.24) is 24.2 Å². The fourth-order valence-electron chi connectivity index (χ4n) is 4.84. The molecule has 2 aromatic rings. The summed E-state index contributed by atoms with van der Waals surface area (Å²) >= 11 is 0. The average Bonchev–Trinajstić information content (AvgIpc) is 3.35. The Hall–Kier alpha value is -1.95. The number of hydrogen-bond donors (Lipinski definition) is 0. The predicted molar refractivity (Wildman–Crippen MR) is 99.1 cm³/mol. The minimum atomic E-state index is 0.0648. The first kappa shape index (κ1) is 16.2. The van der Waals surface area contributed by atoms with E-state index in [1.165, 1.54) is 30.8 Å². The van der Waals surface area contributed by atoms with Gasteiger partial charge in [0.1, 0.15) is 5.82 Å². The molecule has 1 unspecified atom stereocenters. The van der Waals surface area contributed by atoms with Crippen LogP contribution in [0.25, 0.3) is 0 Å². The van der Waals surface area contributed by atoms with E-state index in [0.29, 0.717) is 12.6 Å². The van der Waals surface area contributed by atoms with Gasteiger partial charge in [0.15, 0.2) is 0 Å². The third-order valence-corrected chi connectivity index (χ3v) is 6.23. The Labute approximate surface area is 153 Å². The number of hydrogen-bond acceptors (Lipinski definition) is 4. The van der Waals surface area contributed by atoms with Crippen LogP contribution in [-0.4, -0.2) is 36.8 Å². The van der Waals surface area contributed by atoms with Crippen LogP contribution in [0.1, 0.15) is 54.9 Å². The zero-order chi connectivity index (χ0) is 17.5. The van der Waals surface area contributed by atoms with Crippen molar-refractivity contribution in [2.45, 2.75) is 77.0 Å². The number of fused-ring (bicyclic) bond motifs is 2. The van der Waals surface area contributed by atoms with Crippen molar-refractivity contribution >= 4 is 0 Å². The van der Waals surface area contributed by atoms with Crippen LogP contribution in [0, 0.1) is 0 Å². The van der Waals surface area contributed by atoms with E-state index in [1.807, 2.05) is 6.07 Å². The van der Waals surface area contributed by atoms with Crippen LogP contribution >= 0.6 is 0 Å². The molecule has 1 atom stereocenters. The van der Waals surface area contributed by atoms with Crippen molar-refractivity contribution < 1.29 is 0 Å². The van der Waals surface area contributed by atoms with Gasteiger partial charge in [-0.1, -0.05) is 0 Å². The molecule has 6 nitrogen and oxygen atoms in total. The fourth-order valence-corrected chi connectivity index (χ4v) is 4.84. The molecule has 5 rings (SSSR count). The van der Waals surface area contributed by atoms with Crippen molar-refractivity contribution in [3.05, 3.63) is 45.4 Å². The number of nitrogens with zero attached hydrogens (tertiary/aromatic N) is 5. The summed E-state index contributed by atoms with van der Waals surface area (Å²) in [4.78, 5) is 19.8. The summed E-state index contributed by atoms with van der Waals surface area (Å²) in [6.07, 6.45) is 11.4. The maximum absolute atomic E-state index is 12.4. The van der Waals surface area contributed by atoms with Crippen molar-refractivity contribution in [2.75, 3.05) is 6.54 Å². The highest BCUT2D eigenvalue weighted by molar-refractivity contribution is 5.22. The lowest BCUT2D eigenvalue weighted by molar-refractivity contribution is 0.214. The van der Waals surface area contributed by atoms with Crippen molar-refractivity contribution in [1.29, 1.82) is 0 Å². The number of aryl methyl sites for hydroxylation is 4. The summed E-state index contributed by atoms with van der Waals surface area (Å²) in [6.45, 7) is 3.80. The van der Waals surface area contributed by atoms with Gasteiger partial charge in [0.05, 0.1) is 17.9 Å². The molecule has 1 aliphatic carbocycles. The molecular formula is C20H27N5O. The van der Waals surface area contributed by atoms with E-state index in [-0.39, 0.29) is 5.56 Å². The molecule has 1 saturated heterocycles. The Kier molecular flexibility index (Phi) is 4.15. The maximum Gasteiger partial charge on any atom is 0.267 e. The summed E-state index contributed by atoms with van der Waals surface area (Å²) in [6, 6.07) is 2.20. The molecule has 2 aromatic heterocycles. The highest BCUT2D eigenvalue weighted by Crippen LogP contribution is 2.23. The molecule has 0 amide bonds. The summed E-state index contributed by atoms with van der Waals surface area (Å²) in [5.74, 6) is 1.25. The topological polar surface area (TPSA) is 56.0 Å². The monoisotopic (exact) mass is 353 g/mol. The highest BCUT2D eigenvalue weighted by atomic mass is 16.1. The van der Waals surface area contributed by atoms with Crippen molar-refractivity contribution in [2.24, 2.45) is 0 Å². The van der Waals surface area contributed by atoms with Crippen LogP contribution < -0.4 is 5.56 Å². The van der Waals surface area contributed by atoms with Crippen molar-refractivity contribution in [3.63, 3.8) is 0 Å². The van der Waals surface area contributed by atoms with Crippen LogP contribution in [0.2, 0.25) is 0 Å². The van der Waals surface area contributed by atoms with Gasteiger partial charge in [-0.05, 0) is 57.1 Å². The summed E-state index contributed by atoms with van der Waals surface area (Å²) < 4.78 is 4.04. The lowest BCUT2D eigenvalue weighted by Crippen LogP contribution is -2.37. The molecule has 1 fully saturated rings. The standard InChI is InChI=1S/C20H27N5O/c26-20-11-15-5-3-7-18(15)22-25(20)14-17-6-4-10-23(17)12-16-13-24-9-2-1-8-19(24)21-16/h11,13,17H,1-10,12,14H2. The molecule has 0 radical (unpaired) electrons. The molecule has 0 bridgehead atoms. The molecule has 3 aliphatic rings. The number of likely N-dealkylation sites (tertiary alicyclic amines) is 1. The first-order valence-electron chi connectivity index (χ1n) is 10.2. The van der Waals surface area contributed by atoms with E-state index in [4.69, 9.17) is 4.98 Å². The van der Waals surface area contributed by atoms with E-state index in [1.54, 1.807) is 4.68 Å². The van der Waals surface area contributed by atoms with Crippen LogP contribution in [0.5, 0.6) is 0 Å². The fraction of sp³-hybridized carbons (Fsp3) is 0.650. The molecule has 0 saturated carbocycles.